The molecule has 0 unspecified atom stereocenters. The molecule has 0 radical (unpaired) electrons. The lowest BCUT2D eigenvalue weighted by molar-refractivity contribution is 0.0526. The average molecular weight is 408 g/mol. The van der Waals surface area contributed by atoms with E-state index in [1.165, 1.54) is 11.1 Å². The van der Waals surface area contributed by atoms with Gasteiger partial charge < -0.3 is 14.4 Å². The van der Waals surface area contributed by atoms with Crippen molar-refractivity contribution in [3.8, 4) is 5.75 Å². The third-order valence-electron chi connectivity index (χ3n) is 5.78. The third kappa shape index (κ3) is 5.73. The number of nitrogens with zero attached hydrogens (tertiary/aromatic N) is 1. The fraction of sp³-hybridized carbons (Fsp3) is 0.423. The second-order valence-electron chi connectivity index (χ2n) is 8.30. The normalized spacial score (nSPS) is 20.4. The summed E-state index contributed by atoms with van der Waals surface area (Å²) < 4.78 is 10.6. The van der Waals surface area contributed by atoms with Crippen LogP contribution in [0, 0.1) is 5.92 Å². The van der Waals surface area contributed by atoms with Gasteiger partial charge in [-0.15, -0.1) is 0 Å². The number of esters is 1. The largest absolute Gasteiger partial charge is 0.497 e. The first-order valence-corrected chi connectivity index (χ1v) is 10.8. The summed E-state index contributed by atoms with van der Waals surface area (Å²) in [5, 5.41) is 0. The van der Waals surface area contributed by atoms with Gasteiger partial charge in [-0.05, 0) is 87.5 Å². The Bertz CT molecular complexity index is 887. The summed E-state index contributed by atoms with van der Waals surface area (Å²) in [6, 6.07) is 16.2. The molecule has 0 bridgehead atoms. The SMILES string of the molecule is CCOC(=O)c1cccc(/C=C2/CC[C@@H](CN(C)C)[C@@H](c3cccc(OC)c3)C2)c1. The van der Waals surface area contributed by atoms with E-state index in [0.29, 0.717) is 24.0 Å². The van der Waals surface area contributed by atoms with E-state index in [-0.39, 0.29) is 5.97 Å². The standard InChI is InChI=1S/C26H33NO3/c1-5-30-26(28)22-10-6-8-19(15-22)14-20-12-13-23(18-27(2)3)25(16-20)21-9-7-11-24(17-21)29-4/h6-11,14-15,17,23,25H,5,12-13,16,18H2,1-4H3/b20-14-/t23-,25+/m0/s1. The summed E-state index contributed by atoms with van der Waals surface area (Å²) in [5.74, 6) is 1.71. The minimum absolute atomic E-state index is 0.262. The Morgan fingerprint density at radius 3 is 2.70 bits per heavy atom. The van der Waals surface area contributed by atoms with Crippen LogP contribution in [-0.4, -0.2) is 45.2 Å². The molecule has 1 aliphatic carbocycles. The number of rotatable bonds is 7. The summed E-state index contributed by atoms with van der Waals surface area (Å²) in [4.78, 5) is 14.4. The second-order valence-corrected chi connectivity index (χ2v) is 8.30. The molecule has 30 heavy (non-hydrogen) atoms. The van der Waals surface area contributed by atoms with Crippen molar-refractivity contribution in [1.29, 1.82) is 0 Å². The van der Waals surface area contributed by atoms with Crippen LogP contribution in [-0.2, 0) is 4.74 Å². The van der Waals surface area contributed by atoms with Crippen molar-refractivity contribution >= 4 is 12.0 Å². The van der Waals surface area contributed by atoms with Crippen LogP contribution in [0.1, 0.15) is 53.6 Å². The maximum Gasteiger partial charge on any atom is 0.338 e. The van der Waals surface area contributed by atoms with E-state index in [2.05, 4.69) is 49.3 Å². The number of allylic oxidation sites excluding steroid dienone is 1. The molecular formula is C26H33NO3. The number of hydrogen-bond donors (Lipinski definition) is 0. The Hall–Kier alpha value is -2.59. The van der Waals surface area contributed by atoms with E-state index >= 15 is 0 Å². The van der Waals surface area contributed by atoms with Crippen LogP contribution in [0.2, 0.25) is 0 Å². The lowest BCUT2D eigenvalue weighted by Gasteiger charge is -2.35. The van der Waals surface area contributed by atoms with E-state index in [0.717, 1.165) is 37.1 Å². The van der Waals surface area contributed by atoms with Crippen LogP contribution in [0.15, 0.2) is 54.1 Å². The summed E-state index contributed by atoms with van der Waals surface area (Å²) in [6.07, 6.45) is 5.52. The summed E-state index contributed by atoms with van der Waals surface area (Å²) in [7, 11) is 6.02. The van der Waals surface area contributed by atoms with E-state index in [4.69, 9.17) is 9.47 Å². The topological polar surface area (TPSA) is 38.8 Å². The van der Waals surface area contributed by atoms with Gasteiger partial charge in [-0.2, -0.15) is 0 Å². The molecule has 0 N–H and O–H groups in total. The van der Waals surface area contributed by atoms with Gasteiger partial charge in [0.25, 0.3) is 0 Å². The lowest BCUT2D eigenvalue weighted by Crippen LogP contribution is -2.29. The molecule has 3 rings (SSSR count). The van der Waals surface area contributed by atoms with Gasteiger partial charge in [0.1, 0.15) is 5.75 Å². The van der Waals surface area contributed by atoms with Crippen molar-refractivity contribution in [3.63, 3.8) is 0 Å². The van der Waals surface area contributed by atoms with Crippen molar-refractivity contribution in [2.24, 2.45) is 5.92 Å². The molecule has 0 aliphatic heterocycles. The van der Waals surface area contributed by atoms with Crippen LogP contribution in [0.4, 0.5) is 0 Å². The fourth-order valence-corrected chi connectivity index (χ4v) is 4.41. The predicted molar refractivity (Wildman–Crippen MR) is 122 cm³/mol. The smallest absolute Gasteiger partial charge is 0.338 e. The number of ether oxygens (including phenoxy) is 2. The van der Waals surface area contributed by atoms with Crippen LogP contribution >= 0.6 is 0 Å². The molecule has 2 atom stereocenters. The van der Waals surface area contributed by atoms with Gasteiger partial charge >= 0.3 is 5.97 Å². The average Bonchev–Trinajstić information content (AvgIpc) is 2.75. The van der Waals surface area contributed by atoms with Crippen molar-refractivity contribution in [2.45, 2.75) is 32.1 Å². The molecule has 4 heteroatoms. The Morgan fingerprint density at radius 2 is 1.97 bits per heavy atom. The second kappa shape index (κ2) is 10.4. The predicted octanol–water partition coefficient (Wildman–Crippen LogP) is 5.40. The Kier molecular flexibility index (Phi) is 7.69. The molecule has 2 aromatic rings. The van der Waals surface area contributed by atoms with Gasteiger partial charge in [0.15, 0.2) is 0 Å². The molecule has 160 valence electrons. The first-order valence-electron chi connectivity index (χ1n) is 10.8. The molecule has 4 nitrogen and oxygen atoms in total. The molecule has 0 amide bonds. The Morgan fingerprint density at radius 1 is 1.17 bits per heavy atom. The quantitative estimate of drug-likeness (QED) is 0.576. The van der Waals surface area contributed by atoms with Crippen LogP contribution in [0.5, 0.6) is 5.75 Å². The van der Waals surface area contributed by atoms with Gasteiger partial charge in [-0.3, -0.25) is 0 Å². The van der Waals surface area contributed by atoms with Crippen LogP contribution in [0.25, 0.3) is 6.08 Å². The van der Waals surface area contributed by atoms with Crippen LogP contribution in [0.3, 0.4) is 0 Å². The number of hydrogen-bond acceptors (Lipinski definition) is 4. The number of methoxy groups -OCH3 is 1. The minimum atomic E-state index is -0.262. The highest BCUT2D eigenvalue weighted by Crippen LogP contribution is 2.42. The van der Waals surface area contributed by atoms with Gasteiger partial charge in [0.05, 0.1) is 19.3 Å². The first-order chi connectivity index (χ1) is 14.5. The fourth-order valence-electron chi connectivity index (χ4n) is 4.41. The van der Waals surface area contributed by atoms with Crippen LogP contribution < -0.4 is 4.74 Å². The molecule has 0 heterocycles. The Labute approximate surface area is 180 Å². The van der Waals surface area contributed by atoms with E-state index in [1.807, 2.05) is 31.2 Å². The molecule has 1 saturated carbocycles. The number of carbonyl (C=O) groups is 1. The summed E-state index contributed by atoms with van der Waals surface area (Å²) >= 11 is 0. The molecule has 1 aliphatic rings. The highest BCUT2D eigenvalue weighted by atomic mass is 16.5. The van der Waals surface area contributed by atoms with Gasteiger partial charge in [-0.1, -0.05) is 35.9 Å². The first kappa shape index (κ1) is 22.1. The lowest BCUT2D eigenvalue weighted by atomic mass is 9.73. The van der Waals surface area contributed by atoms with Crippen molar-refractivity contribution < 1.29 is 14.3 Å². The van der Waals surface area contributed by atoms with Crippen molar-refractivity contribution in [3.05, 3.63) is 70.8 Å². The van der Waals surface area contributed by atoms with E-state index < -0.39 is 0 Å². The zero-order valence-corrected chi connectivity index (χ0v) is 18.6. The maximum atomic E-state index is 12.1. The minimum Gasteiger partial charge on any atom is -0.497 e. The zero-order chi connectivity index (χ0) is 21.5. The van der Waals surface area contributed by atoms with Gasteiger partial charge in [0.2, 0.25) is 0 Å². The van der Waals surface area contributed by atoms with E-state index in [9.17, 15) is 4.79 Å². The zero-order valence-electron chi connectivity index (χ0n) is 18.6. The maximum absolute atomic E-state index is 12.1. The van der Waals surface area contributed by atoms with E-state index in [1.54, 1.807) is 7.11 Å². The molecular weight excluding hydrogens is 374 g/mol. The molecule has 1 fully saturated rings. The highest BCUT2D eigenvalue weighted by Gasteiger charge is 2.29. The molecule has 0 aromatic heterocycles. The van der Waals surface area contributed by atoms with Crippen molar-refractivity contribution in [2.75, 3.05) is 34.4 Å². The summed E-state index contributed by atoms with van der Waals surface area (Å²) in [5.41, 5.74) is 4.44. The molecule has 0 spiro atoms. The molecule has 2 aromatic carbocycles. The third-order valence-corrected chi connectivity index (χ3v) is 5.78. The van der Waals surface area contributed by atoms with Crippen molar-refractivity contribution in [1.82, 2.24) is 4.90 Å². The Balaban J connectivity index is 1.85. The van der Waals surface area contributed by atoms with Gasteiger partial charge in [-0.25, -0.2) is 4.79 Å². The summed E-state index contributed by atoms with van der Waals surface area (Å²) in [6.45, 7) is 3.29. The number of benzene rings is 2. The highest BCUT2D eigenvalue weighted by molar-refractivity contribution is 5.90. The van der Waals surface area contributed by atoms with Gasteiger partial charge in [0, 0.05) is 6.54 Å². The molecule has 0 saturated heterocycles. The monoisotopic (exact) mass is 407 g/mol. The number of carbonyl (C=O) groups excluding carboxylic acids is 1.